The highest BCUT2D eigenvalue weighted by Crippen LogP contribution is 2.34. The van der Waals surface area contributed by atoms with Crippen LogP contribution in [0.4, 0.5) is 92.6 Å². The Morgan fingerprint density at radius 1 is 0.326 bits per heavy atom. The second-order valence-electron chi connectivity index (χ2n) is 29.1. The molecule has 132 heavy (non-hydrogen) atoms. The number of rotatable bonds is 32. The average Bonchev–Trinajstić information content (AvgIpc) is 0.831. The topological polar surface area (TPSA) is 508 Å². The fourth-order valence-electron chi connectivity index (χ4n) is 11.5. The van der Waals surface area contributed by atoms with Gasteiger partial charge in [0.15, 0.2) is 23.1 Å². The molecule has 0 amide bonds. The number of carbonyl (C=O) groups is 4. The molecule has 696 valence electrons. The number of halogens is 2. The van der Waals surface area contributed by atoms with Crippen molar-refractivity contribution < 1.29 is 74.9 Å². The molecule has 0 aliphatic rings. The van der Waals surface area contributed by atoms with E-state index in [4.69, 9.17) is 55.7 Å². The van der Waals surface area contributed by atoms with Crippen molar-refractivity contribution in [3.05, 3.63) is 286 Å². The molecule has 8 heterocycles. The van der Waals surface area contributed by atoms with Gasteiger partial charge in [-0.3, -0.25) is 28.3 Å². The fourth-order valence-corrected chi connectivity index (χ4v) is 11.5. The Bertz CT molecular complexity index is 5580. The van der Waals surface area contributed by atoms with Crippen LogP contribution in [0.2, 0.25) is 0 Å². The second kappa shape index (κ2) is 51.8. The van der Waals surface area contributed by atoms with Gasteiger partial charge in [-0.1, -0.05) is 97.1 Å². The molecule has 0 aliphatic heterocycles. The summed E-state index contributed by atoms with van der Waals surface area (Å²) in [7, 11) is -3.02. The SMILES string of the molecule is Br.C=CC(=O)Cc1cc(C)ccc1Nc1nc(Nc2cc(OC)ncc2C)ncc1C.C=CC(=O)Cc1cc(C)ccc1Nc1nc(Nc2cc(OC)ncc2C)ncc1C.C=CC(=O)Cc1cc(C)ccc1Nc1nc(Nc2cc(OC)ncc2C)ncc1C.C=CC(=O)Cc1cc(C)ccc1Nc1nc(Nc2cc(OC)ncc2C)ncc1C.Cl.O=P(O)(O)O.O=S(=O)(O)O. The molecule has 0 atom stereocenters. The van der Waals surface area contributed by atoms with Gasteiger partial charge in [0.2, 0.25) is 47.3 Å². The van der Waals surface area contributed by atoms with Crippen LogP contribution in [-0.4, -0.2) is 144 Å². The predicted molar refractivity (Wildman–Crippen MR) is 522 cm³/mol. The van der Waals surface area contributed by atoms with Gasteiger partial charge in [0.05, 0.1) is 51.2 Å². The minimum absolute atomic E-state index is 0. The van der Waals surface area contributed by atoms with Crippen LogP contribution in [0.1, 0.15) is 89.0 Å². The van der Waals surface area contributed by atoms with Crippen molar-refractivity contribution in [2.45, 2.75) is 109 Å². The number of anilines is 16. The van der Waals surface area contributed by atoms with Crippen molar-refractivity contribution >= 4 is 163 Å². The molecule has 12 rings (SSSR count). The molecule has 0 bridgehead atoms. The van der Waals surface area contributed by atoms with E-state index in [0.717, 1.165) is 135 Å². The van der Waals surface area contributed by atoms with E-state index in [2.05, 4.69) is 129 Å². The smallest absolute Gasteiger partial charge is 0.466 e. The Labute approximate surface area is 782 Å². The number of aromatic nitrogens is 12. The van der Waals surface area contributed by atoms with Gasteiger partial charge in [-0.15, -0.1) is 29.4 Å². The number of ether oxygens (including phenoxy) is 4. The summed E-state index contributed by atoms with van der Waals surface area (Å²) in [5.41, 5.74) is 21.7. The van der Waals surface area contributed by atoms with E-state index in [1.807, 2.05) is 156 Å². The molecule has 0 radical (unpaired) electrons. The van der Waals surface area contributed by atoms with Gasteiger partial charge in [0.1, 0.15) is 23.3 Å². The summed E-state index contributed by atoms with van der Waals surface area (Å²) in [6.07, 6.45) is 20.4. The van der Waals surface area contributed by atoms with Crippen LogP contribution < -0.4 is 61.5 Å². The van der Waals surface area contributed by atoms with Crippen molar-refractivity contribution in [3.8, 4) is 23.5 Å². The maximum Gasteiger partial charge on any atom is 0.466 e. The summed E-state index contributed by atoms with van der Waals surface area (Å²) in [6.45, 7) is 37.7. The average molecular weight is 1930 g/mol. The number of hydrogen-bond acceptors (Lipinski definition) is 31. The zero-order chi connectivity index (χ0) is 95.7. The highest BCUT2D eigenvalue weighted by Gasteiger charge is 2.19. The minimum atomic E-state index is -4.67. The lowest BCUT2D eigenvalue weighted by molar-refractivity contribution is -0.114. The Morgan fingerprint density at radius 2 is 0.500 bits per heavy atom. The first-order valence-electron chi connectivity index (χ1n) is 39.6. The van der Waals surface area contributed by atoms with Crippen molar-refractivity contribution in [1.82, 2.24) is 59.8 Å². The fraction of sp³-hybridized carbons (Fsp3) is 0.217. The molecule has 4 aromatic carbocycles. The van der Waals surface area contributed by atoms with E-state index in [9.17, 15) is 19.2 Å². The molecule has 0 spiro atoms. The lowest BCUT2D eigenvalue weighted by Gasteiger charge is -2.15. The monoisotopic (exact) mass is 1920 g/mol. The zero-order valence-corrected chi connectivity index (χ0v) is 79.8. The summed E-state index contributed by atoms with van der Waals surface area (Å²) in [5, 5.41) is 26.2. The third kappa shape index (κ3) is 36.0. The molecule has 0 fully saturated rings. The van der Waals surface area contributed by atoms with Crippen molar-refractivity contribution in [3.63, 3.8) is 0 Å². The quantitative estimate of drug-likeness (QED) is 0.0106. The maximum absolute atomic E-state index is 11.9. The molecular formula is C92H107BrClN20O16PS. The molecule has 0 unspecified atom stereocenters. The summed E-state index contributed by atoms with van der Waals surface area (Å²) in [4.78, 5) is 122. The van der Waals surface area contributed by atoms with Gasteiger partial charge >= 0.3 is 18.2 Å². The number of aryl methyl sites for hydroxylation is 12. The molecule has 0 saturated heterocycles. The van der Waals surface area contributed by atoms with E-state index in [0.29, 0.717) is 70.6 Å². The standard InChI is InChI=1S/4C23H25N5O2.BrH.ClH.H3O4P.H2O4S/c4*1-6-18(29)10-17-9-14(2)7-8-19(17)26-22-16(4)13-25-23(28-22)27-20-11-21(30-5)24-12-15(20)3;;;2*1-5(2,3)4/h4*6-9,11-13H,1,10H2,2-5H3,(H2,24,25,26,27,28);2*1H;(H3,1,2,3,4);(H2,1,2,3,4). The number of allylic oxidation sites excluding steroid dienone is 4. The summed E-state index contributed by atoms with van der Waals surface area (Å²) in [6, 6.07) is 30.9. The van der Waals surface area contributed by atoms with Gasteiger partial charge < -0.3 is 76.2 Å². The number of pyridine rings is 4. The number of carbonyl (C=O) groups excluding carboxylic acids is 4. The van der Waals surface area contributed by atoms with Gasteiger partial charge in [-0.05, 0) is 176 Å². The Morgan fingerprint density at radius 3 is 0.667 bits per heavy atom. The van der Waals surface area contributed by atoms with Crippen LogP contribution in [-0.2, 0) is 59.8 Å². The highest BCUT2D eigenvalue weighted by molar-refractivity contribution is 8.93. The van der Waals surface area contributed by atoms with Gasteiger partial charge in [0, 0.05) is 145 Å². The largest absolute Gasteiger partial charge is 0.481 e. The van der Waals surface area contributed by atoms with E-state index < -0.39 is 18.2 Å². The maximum atomic E-state index is 11.9. The van der Waals surface area contributed by atoms with Crippen LogP contribution in [0.15, 0.2) is 197 Å². The Hall–Kier alpha value is -14.2. The van der Waals surface area contributed by atoms with E-state index >= 15 is 0 Å². The van der Waals surface area contributed by atoms with E-state index in [-0.39, 0.29) is 78.2 Å². The van der Waals surface area contributed by atoms with Crippen LogP contribution in [0, 0.1) is 83.1 Å². The van der Waals surface area contributed by atoms with Crippen LogP contribution >= 0.6 is 37.2 Å². The number of nitrogens with zero attached hydrogens (tertiary/aromatic N) is 12. The highest BCUT2D eigenvalue weighted by atomic mass is 79.9. The van der Waals surface area contributed by atoms with Crippen LogP contribution in [0.5, 0.6) is 23.5 Å². The van der Waals surface area contributed by atoms with Gasteiger partial charge in [0.25, 0.3) is 0 Å². The van der Waals surface area contributed by atoms with Crippen molar-refractivity contribution in [1.29, 1.82) is 0 Å². The summed E-state index contributed by atoms with van der Waals surface area (Å²) in [5.74, 6) is 6.26. The number of methoxy groups -OCH3 is 4. The Kier molecular flexibility index (Phi) is 42.5. The third-order valence-corrected chi connectivity index (χ3v) is 18.4. The number of phosphoric acid groups is 1. The molecule has 0 saturated carbocycles. The number of hydrogen-bond donors (Lipinski definition) is 13. The molecule has 40 heteroatoms. The van der Waals surface area contributed by atoms with E-state index in [1.165, 1.54) is 24.3 Å². The Balaban J connectivity index is 0.000000299. The molecule has 0 aliphatic carbocycles. The lowest BCUT2D eigenvalue weighted by atomic mass is 10.0. The third-order valence-electron chi connectivity index (χ3n) is 18.4. The first-order valence-corrected chi connectivity index (χ1v) is 42.5. The van der Waals surface area contributed by atoms with Crippen molar-refractivity contribution in [2.24, 2.45) is 0 Å². The van der Waals surface area contributed by atoms with Gasteiger partial charge in [-0.25, -0.2) is 44.4 Å². The predicted octanol–water partition coefficient (Wildman–Crippen LogP) is 17.8. The normalized spacial score (nSPS) is 10.3. The second-order valence-corrected chi connectivity index (χ2v) is 31.0. The lowest BCUT2D eigenvalue weighted by Crippen LogP contribution is -2.07. The molecule has 8 aromatic heterocycles. The minimum Gasteiger partial charge on any atom is -0.481 e. The molecular weight excluding hydrogens is 1820 g/mol. The van der Waals surface area contributed by atoms with E-state index in [1.54, 1.807) is 102 Å². The summed E-state index contributed by atoms with van der Waals surface area (Å²) >= 11 is 0. The number of ketones is 4. The van der Waals surface area contributed by atoms with Crippen LogP contribution in [0.25, 0.3) is 0 Å². The van der Waals surface area contributed by atoms with Gasteiger partial charge in [-0.2, -0.15) is 28.4 Å². The van der Waals surface area contributed by atoms with Crippen LogP contribution in [0.3, 0.4) is 0 Å². The molecule has 13 N–H and O–H groups in total. The summed E-state index contributed by atoms with van der Waals surface area (Å²) < 4.78 is 61.2. The number of benzene rings is 4. The zero-order valence-electron chi connectivity index (χ0n) is 75.6. The first kappa shape index (κ1) is 108. The number of nitrogens with one attached hydrogen (secondary N) is 8. The first-order chi connectivity index (χ1) is 61.6. The molecule has 36 nitrogen and oxygen atoms in total. The van der Waals surface area contributed by atoms with Crippen molar-refractivity contribution in [2.75, 3.05) is 71.0 Å². The molecule has 12 aromatic rings.